The van der Waals surface area contributed by atoms with E-state index in [2.05, 4.69) is 4.98 Å². The number of carboxylic acids is 1. The zero-order chi connectivity index (χ0) is 10.6. The van der Waals surface area contributed by atoms with E-state index in [0.717, 1.165) is 5.56 Å². The van der Waals surface area contributed by atoms with Crippen LogP contribution < -0.4 is 0 Å². The standard InChI is InChI=1S/C11H15NO2/c1-8(2)7-10(11(13)14)9-3-5-12-6-4-9/h3-6,8,10H,7H2,1-2H3,(H,13,14). The number of hydrogen-bond donors (Lipinski definition) is 1. The molecule has 0 fully saturated rings. The highest BCUT2D eigenvalue weighted by molar-refractivity contribution is 5.75. The van der Waals surface area contributed by atoms with Crippen molar-refractivity contribution in [1.82, 2.24) is 4.98 Å². The molecule has 14 heavy (non-hydrogen) atoms. The molecule has 0 bridgehead atoms. The first-order valence-corrected chi connectivity index (χ1v) is 4.74. The van der Waals surface area contributed by atoms with Crippen molar-refractivity contribution in [2.24, 2.45) is 5.92 Å². The summed E-state index contributed by atoms with van der Waals surface area (Å²) in [6.07, 6.45) is 3.93. The average Bonchev–Trinajstić information content (AvgIpc) is 2.15. The maximum absolute atomic E-state index is 11.0. The first-order chi connectivity index (χ1) is 6.61. The molecule has 76 valence electrons. The predicted molar refractivity (Wildman–Crippen MR) is 54.1 cm³/mol. The van der Waals surface area contributed by atoms with Gasteiger partial charge in [-0.05, 0) is 30.0 Å². The summed E-state index contributed by atoms with van der Waals surface area (Å²) in [4.78, 5) is 14.9. The van der Waals surface area contributed by atoms with Crippen LogP contribution in [-0.2, 0) is 4.79 Å². The van der Waals surface area contributed by atoms with Crippen LogP contribution in [-0.4, -0.2) is 16.1 Å². The highest BCUT2D eigenvalue weighted by atomic mass is 16.4. The van der Waals surface area contributed by atoms with Gasteiger partial charge in [0.1, 0.15) is 0 Å². The van der Waals surface area contributed by atoms with Gasteiger partial charge in [0, 0.05) is 12.4 Å². The molecule has 3 heteroatoms. The quantitative estimate of drug-likeness (QED) is 0.798. The monoisotopic (exact) mass is 193 g/mol. The number of carbonyl (C=O) groups is 1. The zero-order valence-electron chi connectivity index (χ0n) is 8.47. The second kappa shape index (κ2) is 4.74. The smallest absolute Gasteiger partial charge is 0.310 e. The summed E-state index contributed by atoms with van der Waals surface area (Å²) in [6.45, 7) is 4.05. The summed E-state index contributed by atoms with van der Waals surface area (Å²) < 4.78 is 0. The predicted octanol–water partition coefficient (Wildman–Crippen LogP) is 2.30. The third-order valence-electron chi connectivity index (χ3n) is 2.11. The van der Waals surface area contributed by atoms with E-state index in [1.165, 1.54) is 0 Å². The highest BCUT2D eigenvalue weighted by Gasteiger charge is 2.20. The van der Waals surface area contributed by atoms with E-state index in [0.29, 0.717) is 12.3 Å². The van der Waals surface area contributed by atoms with Crippen LogP contribution in [0.1, 0.15) is 31.7 Å². The molecule has 1 aromatic rings. The summed E-state index contributed by atoms with van der Waals surface area (Å²) in [5.74, 6) is -0.785. The van der Waals surface area contributed by atoms with Gasteiger partial charge in [0.05, 0.1) is 5.92 Å². The van der Waals surface area contributed by atoms with Crippen molar-refractivity contribution < 1.29 is 9.90 Å². The number of rotatable bonds is 4. The lowest BCUT2D eigenvalue weighted by molar-refractivity contribution is -0.139. The van der Waals surface area contributed by atoms with Crippen molar-refractivity contribution in [2.75, 3.05) is 0 Å². The van der Waals surface area contributed by atoms with Crippen LogP contribution in [0.4, 0.5) is 0 Å². The Hall–Kier alpha value is -1.38. The Kier molecular flexibility index (Phi) is 3.63. The van der Waals surface area contributed by atoms with Crippen LogP contribution >= 0.6 is 0 Å². The molecule has 0 aromatic carbocycles. The van der Waals surface area contributed by atoms with Gasteiger partial charge in [-0.3, -0.25) is 9.78 Å². The van der Waals surface area contributed by atoms with Crippen molar-refractivity contribution in [3.63, 3.8) is 0 Å². The molecule has 0 amide bonds. The lowest BCUT2D eigenvalue weighted by Crippen LogP contribution is -2.13. The largest absolute Gasteiger partial charge is 0.481 e. The van der Waals surface area contributed by atoms with Gasteiger partial charge in [-0.25, -0.2) is 0 Å². The number of aromatic nitrogens is 1. The molecule has 1 aromatic heterocycles. The van der Waals surface area contributed by atoms with Gasteiger partial charge in [-0.1, -0.05) is 13.8 Å². The first-order valence-electron chi connectivity index (χ1n) is 4.74. The maximum atomic E-state index is 11.0. The van der Waals surface area contributed by atoms with Crippen LogP contribution in [0.25, 0.3) is 0 Å². The van der Waals surface area contributed by atoms with Crippen molar-refractivity contribution in [3.05, 3.63) is 30.1 Å². The number of hydrogen-bond acceptors (Lipinski definition) is 2. The minimum absolute atomic E-state index is 0.379. The number of nitrogens with zero attached hydrogens (tertiary/aromatic N) is 1. The zero-order valence-corrected chi connectivity index (χ0v) is 8.47. The lowest BCUT2D eigenvalue weighted by Gasteiger charge is -2.14. The number of carboxylic acid groups (broad SMARTS) is 1. The van der Waals surface area contributed by atoms with Crippen LogP contribution in [0.3, 0.4) is 0 Å². The van der Waals surface area contributed by atoms with E-state index in [9.17, 15) is 4.79 Å². The molecule has 0 aliphatic carbocycles. The summed E-state index contributed by atoms with van der Waals surface area (Å²) in [7, 11) is 0. The Morgan fingerprint density at radius 2 is 2.00 bits per heavy atom. The molecule has 1 rings (SSSR count). The van der Waals surface area contributed by atoms with E-state index in [4.69, 9.17) is 5.11 Å². The molecular weight excluding hydrogens is 178 g/mol. The lowest BCUT2D eigenvalue weighted by atomic mass is 9.91. The summed E-state index contributed by atoms with van der Waals surface area (Å²) in [5, 5.41) is 9.06. The second-order valence-electron chi connectivity index (χ2n) is 3.80. The molecule has 0 saturated carbocycles. The molecule has 0 radical (unpaired) electrons. The van der Waals surface area contributed by atoms with E-state index >= 15 is 0 Å². The first kappa shape index (κ1) is 10.7. The van der Waals surface area contributed by atoms with E-state index in [-0.39, 0.29) is 0 Å². The Bertz CT molecular complexity index is 295. The molecule has 1 heterocycles. The summed E-state index contributed by atoms with van der Waals surface area (Å²) >= 11 is 0. The Labute approximate surface area is 83.8 Å². The Balaban J connectivity index is 2.84. The van der Waals surface area contributed by atoms with Crippen LogP contribution in [0.5, 0.6) is 0 Å². The molecule has 0 aliphatic heterocycles. The third kappa shape index (κ3) is 2.83. The molecule has 1 atom stereocenters. The number of aliphatic carboxylic acids is 1. The minimum Gasteiger partial charge on any atom is -0.481 e. The molecule has 3 nitrogen and oxygen atoms in total. The Morgan fingerprint density at radius 3 is 2.43 bits per heavy atom. The highest BCUT2D eigenvalue weighted by Crippen LogP contribution is 2.23. The molecule has 1 unspecified atom stereocenters. The molecule has 0 aliphatic rings. The maximum Gasteiger partial charge on any atom is 0.310 e. The van der Waals surface area contributed by atoms with Gasteiger partial charge in [0.25, 0.3) is 0 Å². The van der Waals surface area contributed by atoms with Gasteiger partial charge in [-0.15, -0.1) is 0 Å². The topological polar surface area (TPSA) is 50.2 Å². The fraction of sp³-hybridized carbons (Fsp3) is 0.455. The summed E-state index contributed by atoms with van der Waals surface area (Å²) in [6, 6.07) is 3.53. The van der Waals surface area contributed by atoms with Gasteiger partial charge >= 0.3 is 5.97 Å². The molecule has 1 N–H and O–H groups in total. The normalized spacial score (nSPS) is 12.8. The van der Waals surface area contributed by atoms with Gasteiger partial charge in [-0.2, -0.15) is 0 Å². The van der Waals surface area contributed by atoms with Gasteiger partial charge in [0.2, 0.25) is 0 Å². The van der Waals surface area contributed by atoms with E-state index < -0.39 is 11.9 Å². The average molecular weight is 193 g/mol. The molecular formula is C11H15NO2. The third-order valence-corrected chi connectivity index (χ3v) is 2.11. The van der Waals surface area contributed by atoms with E-state index in [1.807, 2.05) is 13.8 Å². The van der Waals surface area contributed by atoms with Crippen molar-refractivity contribution in [3.8, 4) is 0 Å². The van der Waals surface area contributed by atoms with Gasteiger partial charge < -0.3 is 5.11 Å². The van der Waals surface area contributed by atoms with Crippen LogP contribution in [0.15, 0.2) is 24.5 Å². The molecule has 0 saturated heterocycles. The number of pyridine rings is 1. The van der Waals surface area contributed by atoms with Crippen molar-refractivity contribution >= 4 is 5.97 Å². The van der Waals surface area contributed by atoms with Gasteiger partial charge in [0.15, 0.2) is 0 Å². The summed E-state index contributed by atoms with van der Waals surface area (Å²) in [5.41, 5.74) is 0.834. The second-order valence-corrected chi connectivity index (χ2v) is 3.80. The van der Waals surface area contributed by atoms with E-state index in [1.54, 1.807) is 24.5 Å². The fourth-order valence-electron chi connectivity index (χ4n) is 1.45. The van der Waals surface area contributed by atoms with Crippen molar-refractivity contribution in [1.29, 1.82) is 0 Å². The fourth-order valence-corrected chi connectivity index (χ4v) is 1.45. The SMILES string of the molecule is CC(C)CC(C(=O)O)c1ccncc1. The molecule has 0 spiro atoms. The van der Waals surface area contributed by atoms with Crippen LogP contribution in [0, 0.1) is 5.92 Å². The van der Waals surface area contributed by atoms with Crippen LogP contribution in [0.2, 0.25) is 0 Å². The van der Waals surface area contributed by atoms with Crippen molar-refractivity contribution in [2.45, 2.75) is 26.2 Å². The Morgan fingerprint density at radius 1 is 1.43 bits per heavy atom. The minimum atomic E-state index is -0.759.